The van der Waals surface area contributed by atoms with Gasteiger partial charge in [-0.25, -0.2) is 0 Å². The molecule has 1 aliphatic rings. The van der Waals surface area contributed by atoms with Crippen LogP contribution >= 0.6 is 0 Å². The number of hydrogen-bond acceptors (Lipinski definition) is 4. The molecule has 3 rings (SSSR count). The van der Waals surface area contributed by atoms with E-state index in [1.54, 1.807) is 37.5 Å². The van der Waals surface area contributed by atoms with Gasteiger partial charge in [-0.2, -0.15) is 0 Å². The molecule has 0 aliphatic carbocycles. The maximum Gasteiger partial charge on any atom is 0.253 e. The van der Waals surface area contributed by atoms with E-state index in [4.69, 9.17) is 9.47 Å². The Morgan fingerprint density at radius 3 is 2.86 bits per heavy atom. The Labute approximate surface area is 164 Å². The van der Waals surface area contributed by atoms with Gasteiger partial charge in [-0.1, -0.05) is 24.3 Å². The highest BCUT2D eigenvalue weighted by Crippen LogP contribution is 2.17. The predicted molar refractivity (Wildman–Crippen MR) is 108 cm³/mol. The molecule has 6 nitrogen and oxygen atoms in total. The number of amides is 2. The van der Waals surface area contributed by atoms with Crippen LogP contribution in [0.15, 0.2) is 54.6 Å². The van der Waals surface area contributed by atoms with Crippen LogP contribution in [0.3, 0.4) is 0 Å². The first-order valence-electron chi connectivity index (χ1n) is 9.27. The van der Waals surface area contributed by atoms with Crippen LogP contribution in [-0.4, -0.2) is 38.2 Å². The molecule has 0 radical (unpaired) electrons. The fourth-order valence-electron chi connectivity index (χ4n) is 2.99. The highest BCUT2D eigenvalue weighted by atomic mass is 16.5. The lowest BCUT2D eigenvalue weighted by Crippen LogP contribution is -2.32. The van der Waals surface area contributed by atoms with E-state index >= 15 is 0 Å². The number of rotatable bonds is 7. The number of methoxy groups -OCH3 is 1. The Morgan fingerprint density at radius 2 is 2.07 bits per heavy atom. The van der Waals surface area contributed by atoms with Crippen molar-refractivity contribution < 1.29 is 19.1 Å². The molecule has 146 valence electrons. The molecule has 0 spiro atoms. The minimum atomic E-state index is -0.317. The lowest BCUT2D eigenvalue weighted by atomic mass is 10.1. The van der Waals surface area contributed by atoms with Gasteiger partial charge in [0.1, 0.15) is 5.75 Å². The molecule has 1 unspecified atom stereocenters. The van der Waals surface area contributed by atoms with E-state index in [1.165, 1.54) is 6.08 Å². The molecule has 1 aliphatic heterocycles. The standard InChI is InChI=1S/C22H24N2O4/c1-27-17-7-4-6-16(14-17)11-12-21(25)24-20-10-3-2-9-19(20)22(26)23-15-18-8-5-13-28-18/h2-4,6-7,9-12,14,18H,5,8,13,15H2,1H3,(H,23,26)(H,24,25). The summed E-state index contributed by atoms with van der Waals surface area (Å²) in [5, 5.41) is 5.65. The van der Waals surface area contributed by atoms with Crippen molar-refractivity contribution in [1.82, 2.24) is 5.32 Å². The second kappa shape index (κ2) is 9.71. The minimum absolute atomic E-state index is 0.0662. The molecule has 1 heterocycles. The van der Waals surface area contributed by atoms with E-state index in [9.17, 15) is 9.59 Å². The third-order valence-corrected chi connectivity index (χ3v) is 4.46. The number of ether oxygens (including phenoxy) is 2. The van der Waals surface area contributed by atoms with E-state index in [0.717, 1.165) is 30.8 Å². The van der Waals surface area contributed by atoms with Gasteiger partial charge in [-0.05, 0) is 48.7 Å². The Hall–Kier alpha value is -3.12. The molecule has 2 amide bonds. The summed E-state index contributed by atoms with van der Waals surface area (Å²) in [6.45, 7) is 1.21. The third-order valence-electron chi connectivity index (χ3n) is 4.46. The molecule has 0 aromatic heterocycles. The van der Waals surface area contributed by atoms with E-state index in [-0.39, 0.29) is 17.9 Å². The lowest BCUT2D eigenvalue weighted by molar-refractivity contribution is -0.111. The smallest absolute Gasteiger partial charge is 0.253 e. The zero-order chi connectivity index (χ0) is 19.8. The van der Waals surface area contributed by atoms with E-state index in [2.05, 4.69) is 10.6 Å². The quantitative estimate of drug-likeness (QED) is 0.723. The van der Waals surface area contributed by atoms with Gasteiger partial charge in [0.2, 0.25) is 5.91 Å². The minimum Gasteiger partial charge on any atom is -0.497 e. The van der Waals surface area contributed by atoms with E-state index in [0.29, 0.717) is 17.8 Å². The molecule has 1 atom stereocenters. The summed E-state index contributed by atoms with van der Waals surface area (Å²) >= 11 is 0. The highest BCUT2D eigenvalue weighted by Gasteiger charge is 2.18. The molecule has 2 aromatic rings. The number of hydrogen-bond donors (Lipinski definition) is 2. The largest absolute Gasteiger partial charge is 0.497 e. The molecule has 2 N–H and O–H groups in total. The molecule has 28 heavy (non-hydrogen) atoms. The second-order valence-electron chi connectivity index (χ2n) is 6.49. The average Bonchev–Trinajstić information content (AvgIpc) is 3.25. The zero-order valence-electron chi connectivity index (χ0n) is 15.8. The van der Waals surface area contributed by atoms with Crippen molar-refractivity contribution in [2.45, 2.75) is 18.9 Å². The fraction of sp³-hybridized carbons (Fsp3) is 0.273. The van der Waals surface area contributed by atoms with Crippen LogP contribution in [0.25, 0.3) is 6.08 Å². The van der Waals surface area contributed by atoms with Crippen LogP contribution in [-0.2, 0) is 9.53 Å². The number of benzene rings is 2. The van der Waals surface area contributed by atoms with Gasteiger partial charge in [0.15, 0.2) is 0 Å². The summed E-state index contributed by atoms with van der Waals surface area (Å²) in [7, 11) is 1.59. The van der Waals surface area contributed by atoms with Gasteiger partial charge in [-0.15, -0.1) is 0 Å². The number of carbonyl (C=O) groups is 2. The normalized spacial score (nSPS) is 16.1. The molecule has 0 bridgehead atoms. The number of carbonyl (C=O) groups excluding carboxylic acids is 2. The SMILES string of the molecule is COc1cccc(C=CC(=O)Nc2ccccc2C(=O)NCC2CCCO2)c1. The summed E-state index contributed by atoms with van der Waals surface area (Å²) < 4.78 is 10.7. The average molecular weight is 380 g/mol. The highest BCUT2D eigenvalue weighted by molar-refractivity contribution is 6.07. The van der Waals surface area contributed by atoms with Crippen molar-refractivity contribution in [3.63, 3.8) is 0 Å². The van der Waals surface area contributed by atoms with Crippen molar-refractivity contribution >= 4 is 23.6 Å². The first-order valence-corrected chi connectivity index (χ1v) is 9.27. The van der Waals surface area contributed by atoms with Gasteiger partial charge < -0.3 is 20.1 Å². The van der Waals surface area contributed by atoms with Gasteiger partial charge in [0, 0.05) is 19.2 Å². The first kappa shape index (κ1) is 19.6. The Bertz CT molecular complexity index is 857. The zero-order valence-corrected chi connectivity index (χ0v) is 15.8. The molecule has 6 heteroatoms. The molecular weight excluding hydrogens is 356 g/mol. The monoisotopic (exact) mass is 380 g/mol. The first-order chi connectivity index (χ1) is 13.7. The molecular formula is C22H24N2O4. The van der Waals surface area contributed by atoms with Crippen LogP contribution in [0, 0.1) is 0 Å². The number of anilines is 1. The molecule has 2 aromatic carbocycles. The fourth-order valence-corrected chi connectivity index (χ4v) is 2.99. The third kappa shape index (κ3) is 5.44. The summed E-state index contributed by atoms with van der Waals surface area (Å²) in [6, 6.07) is 14.3. The van der Waals surface area contributed by atoms with Crippen LogP contribution < -0.4 is 15.4 Å². The second-order valence-corrected chi connectivity index (χ2v) is 6.49. The van der Waals surface area contributed by atoms with Gasteiger partial charge in [0.25, 0.3) is 5.91 Å². The van der Waals surface area contributed by atoms with Crippen molar-refractivity contribution in [2.75, 3.05) is 25.6 Å². The van der Waals surface area contributed by atoms with Crippen molar-refractivity contribution in [2.24, 2.45) is 0 Å². The van der Waals surface area contributed by atoms with Gasteiger partial charge >= 0.3 is 0 Å². The Balaban J connectivity index is 1.62. The summed E-state index contributed by atoms with van der Waals surface area (Å²) in [5.74, 6) is 0.168. The molecule has 1 fully saturated rings. The van der Waals surface area contributed by atoms with Gasteiger partial charge in [0.05, 0.1) is 24.5 Å². The van der Waals surface area contributed by atoms with E-state index < -0.39 is 0 Å². The van der Waals surface area contributed by atoms with Crippen LogP contribution in [0.2, 0.25) is 0 Å². The van der Waals surface area contributed by atoms with Crippen molar-refractivity contribution in [3.05, 3.63) is 65.7 Å². The molecule has 0 saturated carbocycles. The maximum absolute atomic E-state index is 12.5. The van der Waals surface area contributed by atoms with Crippen LogP contribution in [0.4, 0.5) is 5.69 Å². The number of nitrogens with one attached hydrogen (secondary N) is 2. The molecule has 1 saturated heterocycles. The summed E-state index contributed by atoms with van der Waals surface area (Å²) in [5.41, 5.74) is 1.73. The van der Waals surface area contributed by atoms with Crippen molar-refractivity contribution in [3.8, 4) is 5.75 Å². The predicted octanol–water partition coefficient (Wildman–Crippen LogP) is 3.26. The summed E-state index contributed by atoms with van der Waals surface area (Å²) in [6.07, 6.45) is 5.16. The lowest BCUT2D eigenvalue weighted by Gasteiger charge is -2.13. The topological polar surface area (TPSA) is 76.7 Å². The Morgan fingerprint density at radius 1 is 1.21 bits per heavy atom. The Kier molecular flexibility index (Phi) is 6.81. The summed E-state index contributed by atoms with van der Waals surface area (Å²) in [4.78, 5) is 24.8. The van der Waals surface area contributed by atoms with Crippen LogP contribution in [0.5, 0.6) is 5.75 Å². The number of para-hydroxylation sites is 1. The van der Waals surface area contributed by atoms with Gasteiger partial charge in [-0.3, -0.25) is 9.59 Å². The van der Waals surface area contributed by atoms with Crippen molar-refractivity contribution in [1.29, 1.82) is 0 Å². The van der Waals surface area contributed by atoms with Crippen LogP contribution in [0.1, 0.15) is 28.8 Å². The van der Waals surface area contributed by atoms with E-state index in [1.807, 2.05) is 24.3 Å². The maximum atomic E-state index is 12.5.